The Morgan fingerprint density at radius 1 is 1.17 bits per heavy atom. The molecule has 0 atom stereocenters. The fraction of sp³-hybridized carbons (Fsp3) is 0.571. The predicted octanol–water partition coefficient (Wildman–Crippen LogP) is 3.89. The lowest BCUT2D eigenvalue weighted by atomic mass is 9.85. The third-order valence-electron chi connectivity index (χ3n) is 4.07. The molecular formula is C14H18BrF3N2O2S. The van der Waals surface area contributed by atoms with E-state index in [-0.39, 0.29) is 23.8 Å². The van der Waals surface area contributed by atoms with E-state index in [1.807, 2.05) is 0 Å². The first-order valence-electron chi connectivity index (χ1n) is 7.20. The summed E-state index contributed by atoms with van der Waals surface area (Å²) in [5.74, 6) is -1.22. The Hall–Kier alpha value is -0.800. The van der Waals surface area contributed by atoms with Gasteiger partial charge in [0.25, 0.3) is 0 Å². The molecule has 0 unspecified atom stereocenters. The number of sulfonamides is 1. The molecule has 130 valence electrons. The first-order chi connectivity index (χ1) is 10.6. The fourth-order valence-corrected chi connectivity index (χ4v) is 4.08. The highest BCUT2D eigenvalue weighted by Crippen LogP contribution is 2.38. The van der Waals surface area contributed by atoms with Gasteiger partial charge in [0.15, 0.2) is 0 Å². The quantitative estimate of drug-likeness (QED) is 0.785. The van der Waals surface area contributed by atoms with Crippen LogP contribution in [0, 0.1) is 5.92 Å². The van der Waals surface area contributed by atoms with Gasteiger partial charge in [-0.1, -0.05) is 0 Å². The highest BCUT2D eigenvalue weighted by atomic mass is 79.9. The van der Waals surface area contributed by atoms with E-state index in [2.05, 4.69) is 26.0 Å². The number of nitrogens with one attached hydrogen (secondary N) is 2. The molecule has 23 heavy (non-hydrogen) atoms. The van der Waals surface area contributed by atoms with Gasteiger partial charge in [-0.2, -0.15) is 13.2 Å². The van der Waals surface area contributed by atoms with Gasteiger partial charge in [0.05, 0.1) is 10.8 Å². The third kappa shape index (κ3) is 4.60. The first-order valence-corrected chi connectivity index (χ1v) is 9.47. The third-order valence-corrected chi connectivity index (χ3v) is 6.14. The minimum atomic E-state index is -4.12. The van der Waals surface area contributed by atoms with Gasteiger partial charge < -0.3 is 5.32 Å². The zero-order valence-corrected chi connectivity index (χ0v) is 14.9. The fourth-order valence-electron chi connectivity index (χ4n) is 2.68. The van der Waals surface area contributed by atoms with Crippen molar-refractivity contribution < 1.29 is 21.6 Å². The molecule has 1 fully saturated rings. The van der Waals surface area contributed by atoms with E-state index in [4.69, 9.17) is 0 Å². The lowest BCUT2D eigenvalue weighted by molar-refractivity contribution is -0.182. The van der Waals surface area contributed by atoms with Crippen LogP contribution in [0.1, 0.15) is 25.7 Å². The molecular weight excluding hydrogens is 397 g/mol. The van der Waals surface area contributed by atoms with Crippen LogP contribution in [-0.4, -0.2) is 27.7 Å². The van der Waals surface area contributed by atoms with Crippen LogP contribution in [0.15, 0.2) is 27.6 Å². The van der Waals surface area contributed by atoms with Crippen molar-refractivity contribution in [3.63, 3.8) is 0 Å². The van der Waals surface area contributed by atoms with Gasteiger partial charge in [-0.3, -0.25) is 0 Å². The molecule has 0 heterocycles. The van der Waals surface area contributed by atoms with Gasteiger partial charge in [0.2, 0.25) is 10.0 Å². The van der Waals surface area contributed by atoms with Crippen LogP contribution < -0.4 is 10.0 Å². The van der Waals surface area contributed by atoms with Crippen molar-refractivity contribution in [3.05, 3.63) is 22.7 Å². The van der Waals surface area contributed by atoms with Gasteiger partial charge in [0, 0.05) is 16.2 Å². The maximum absolute atomic E-state index is 12.7. The maximum atomic E-state index is 12.7. The van der Waals surface area contributed by atoms with Crippen LogP contribution in [0.3, 0.4) is 0 Å². The zero-order valence-electron chi connectivity index (χ0n) is 12.5. The average Bonchev–Trinajstić information content (AvgIpc) is 2.49. The van der Waals surface area contributed by atoms with Gasteiger partial charge in [0.1, 0.15) is 0 Å². The largest absolute Gasteiger partial charge is 0.391 e. The number of benzene rings is 1. The van der Waals surface area contributed by atoms with Crippen LogP contribution in [0.4, 0.5) is 18.9 Å². The molecule has 0 bridgehead atoms. The molecule has 0 radical (unpaired) electrons. The van der Waals surface area contributed by atoms with Crippen LogP contribution in [0.25, 0.3) is 0 Å². The van der Waals surface area contributed by atoms with Crippen molar-refractivity contribution >= 4 is 31.6 Å². The maximum Gasteiger partial charge on any atom is 0.391 e. The molecule has 0 saturated heterocycles. The molecule has 0 aliphatic heterocycles. The Labute approximate surface area is 142 Å². The number of anilines is 1. The molecule has 2 rings (SSSR count). The number of halogens is 4. The number of hydrogen-bond donors (Lipinski definition) is 2. The van der Waals surface area contributed by atoms with Crippen molar-refractivity contribution in [2.75, 3.05) is 12.4 Å². The smallest absolute Gasteiger partial charge is 0.381 e. The molecule has 1 aromatic rings. The van der Waals surface area contributed by atoms with Gasteiger partial charge >= 0.3 is 6.18 Å². The summed E-state index contributed by atoms with van der Waals surface area (Å²) in [6.45, 7) is 0. The molecule has 4 nitrogen and oxygen atoms in total. The van der Waals surface area contributed by atoms with Crippen LogP contribution in [0.2, 0.25) is 0 Å². The molecule has 1 aromatic carbocycles. The predicted molar refractivity (Wildman–Crippen MR) is 85.8 cm³/mol. The molecule has 0 spiro atoms. The average molecular weight is 415 g/mol. The number of alkyl halides is 3. The highest BCUT2D eigenvalue weighted by Gasteiger charge is 2.41. The zero-order chi connectivity index (χ0) is 17.3. The van der Waals surface area contributed by atoms with Gasteiger partial charge in [-0.05, 0) is 66.9 Å². The Morgan fingerprint density at radius 2 is 1.78 bits per heavy atom. The van der Waals surface area contributed by atoms with E-state index < -0.39 is 22.1 Å². The van der Waals surface area contributed by atoms with Crippen molar-refractivity contribution in [2.24, 2.45) is 5.92 Å². The van der Waals surface area contributed by atoms with E-state index in [1.54, 1.807) is 6.07 Å². The summed E-state index contributed by atoms with van der Waals surface area (Å²) in [6, 6.07) is 4.50. The molecule has 1 saturated carbocycles. The summed E-state index contributed by atoms with van der Waals surface area (Å²) in [5, 5.41) is 3.19. The number of rotatable bonds is 4. The second-order valence-corrected chi connectivity index (χ2v) is 8.32. The molecule has 9 heteroatoms. The monoisotopic (exact) mass is 414 g/mol. The summed E-state index contributed by atoms with van der Waals surface area (Å²) >= 11 is 3.30. The summed E-state index contributed by atoms with van der Waals surface area (Å²) in [7, 11) is -2.20. The van der Waals surface area contributed by atoms with Gasteiger partial charge in [-0.25, -0.2) is 13.1 Å². The van der Waals surface area contributed by atoms with E-state index in [9.17, 15) is 21.6 Å². The van der Waals surface area contributed by atoms with Gasteiger partial charge in [-0.15, -0.1) is 0 Å². The molecule has 1 aliphatic rings. The van der Waals surface area contributed by atoms with Crippen molar-refractivity contribution in [2.45, 2.75) is 42.8 Å². The van der Waals surface area contributed by atoms with Crippen molar-refractivity contribution in [1.29, 1.82) is 0 Å². The Bertz CT molecular complexity index is 656. The minimum Gasteiger partial charge on any atom is -0.381 e. The lowest BCUT2D eigenvalue weighted by Crippen LogP contribution is -2.32. The normalized spacial score (nSPS) is 22.8. The SMILES string of the molecule is CNS(=O)(=O)c1ccc(NC2CCC(C(F)(F)F)CC2)c(Br)c1. The summed E-state index contributed by atoms with van der Waals surface area (Å²) in [5.41, 5.74) is 0.676. The van der Waals surface area contributed by atoms with Crippen LogP contribution in [-0.2, 0) is 10.0 Å². The summed E-state index contributed by atoms with van der Waals surface area (Å²) in [4.78, 5) is 0.123. The number of hydrogen-bond acceptors (Lipinski definition) is 3. The first kappa shape index (κ1) is 18.5. The Kier molecular flexibility index (Phi) is 5.63. The molecule has 0 amide bonds. The highest BCUT2D eigenvalue weighted by molar-refractivity contribution is 9.10. The molecule has 2 N–H and O–H groups in total. The lowest BCUT2D eigenvalue weighted by Gasteiger charge is -2.31. The standard InChI is InChI=1S/C14H18BrF3N2O2S/c1-19-23(21,22)11-6-7-13(12(15)8-11)20-10-4-2-9(3-5-10)14(16,17)18/h6-10,19-20H,2-5H2,1H3. The van der Waals surface area contributed by atoms with Crippen molar-refractivity contribution in [1.82, 2.24) is 4.72 Å². The topological polar surface area (TPSA) is 58.2 Å². The second-order valence-electron chi connectivity index (χ2n) is 5.58. The van der Waals surface area contributed by atoms with E-state index in [1.165, 1.54) is 19.2 Å². The van der Waals surface area contributed by atoms with Crippen LogP contribution >= 0.6 is 15.9 Å². The summed E-state index contributed by atoms with van der Waals surface area (Å²) in [6.07, 6.45) is -3.01. The molecule has 1 aliphatic carbocycles. The van der Waals surface area contributed by atoms with E-state index >= 15 is 0 Å². The van der Waals surface area contributed by atoms with Crippen molar-refractivity contribution in [3.8, 4) is 0 Å². The molecule has 0 aromatic heterocycles. The summed E-state index contributed by atoms with van der Waals surface area (Å²) < 4.78 is 64.2. The Morgan fingerprint density at radius 3 is 2.26 bits per heavy atom. The minimum absolute atomic E-state index is 0.0448. The van der Waals surface area contributed by atoms with Crippen LogP contribution in [0.5, 0.6) is 0 Å². The second kappa shape index (κ2) is 6.98. The Balaban J connectivity index is 2.02. The van der Waals surface area contributed by atoms with E-state index in [0.717, 1.165) is 0 Å². The van der Waals surface area contributed by atoms with E-state index in [0.29, 0.717) is 23.0 Å².